The van der Waals surface area contributed by atoms with Gasteiger partial charge in [-0.1, -0.05) is 37.3 Å². The summed E-state index contributed by atoms with van der Waals surface area (Å²) >= 11 is 1.33. The highest BCUT2D eigenvalue weighted by Crippen LogP contribution is 2.26. The second-order valence-corrected chi connectivity index (χ2v) is 7.88. The number of carbonyl (C=O) groups is 3. The molecule has 1 unspecified atom stereocenters. The molecule has 0 radical (unpaired) electrons. The number of rotatable bonds is 7. The summed E-state index contributed by atoms with van der Waals surface area (Å²) in [6.07, 6.45) is 0.367. The highest BCUT2D eigenvalue weighted by atomic mass is 32.1. The van der Waals surface area contributed by atoms with Crippen molar-refractivity contribution >= 4 is 39.9 Å². The van der Waals surface area contributed by atoms with Crippen LogP contribution in [-0.4, -0.2) is 22.7 Å². The van der Waals surface area contributed by atoms with Crippen molar-refractivity contribution in [2.45, 2.75) is 33.2 Å². The van der Waals surface area contributed by atoms with Crippen LogP contribution in [0, 0.1) is 0 Å². The zero-order valence-corrected chi connectivity index (χ0v) is 18.4. The Kier molecular flexibility index (Phi) is 7.15. The van der Waals surface area contributed by atoms with E-state index in [0.717, 1.165) is 16.8 Å². The number of thiazole rings is 1. The first-order valence-corrected chi connectivity index (χ1v) is 10.8. The molecule has 0 aliphatic heterocycles. The molecule has 3 rings (SSSR count). The maximum Gasteiger partial charge on any atom is 0.257 e. The predicted molar refractivity (Wildman–Crippen MR) is 123 cm³/mol. The number of benzene rings is 2. The molecule has 1 aromatic heterocycles. The number of anilines is 2. The van der Waals surface area contributed by atoms with Crippen molar-refractivity contribution in [3.05, 3.63) is 65.0 Å². The molecule has 3 N–H and O–H groups in total. The van der Waals surface area contributed by atoms with Crippen LogP contribution >= 0.6 is 11.3 Å². The molecule has 0 bridgehead atoms. The highest BCUT2D eigenvalue weighted by molar-refractivity contribution is 7.14. The first kappa shape index (κ1) is 22.2. The minimum absolute atomic E-state index is 0.0743. The largest absolute Gasteiger partial charge is 0.350 e. The summed E-state index contributed by atoms with van der Waals surface area (Å²) in [4.78, 5) is 39.9. The summed E-state index contributed by atoms with van der Waals surface area (Å²) in [5.41, 5.74) is 3.68. The van der Waals surface area contributed by atoms with E-state index in [-0.39, 0.29) is 23.8 Å². The second-order valence-electron chi connectivity index (χ2n) is 7.02. The van der Waals surface area contributed by atoms with Crippen molar-refractivity contribution in [1.82, 2.24) is 10.3 Å². The number of amides is 3. The first-order chi connectivity index (χ1) is 14.9. The van der Waals surface area contributed by atoms with Gasteiger partial charge in [0, 0.05) is 35.5 Å². The number of nitrogens with one attached hydrogen (secondary N) is 3. The van der Waals surface area contributed by atoms with Gasteiger partial charge in [-0.2, -0.15) is 0 Å². The Labute approximate surface area is 184 Å². The van der Waals surface area contributed by atoms with E-state index in [0.29, 0.717) is 22.8 Å². The lowest BCUT2D eigenvalue weighted by Crippen LogP contribution is -2.23. The molecule has 0 aliphatic carbocycles. The van der Waals surface area contributed by atoms with E-state index in [1.807, 2.05) is 36.6 Å². The van der Waals surface area contributed by atoms with Crippen LogP contribution in [0.1, 0.15) is 49.2 Å². The quantitative estimate of drug-likeness (QED) is 0.504. The lowest BCUT2D eigenvalue weighted by molar-refractivity contribution is -0.119. The molecule has 8 heteroatoms. The van der Waals surface area contributed by atoms with Gasteiger partial charge in [0.1, 0.15) is 0 Å². The lowest BCUT2D eigenvalue weighted by atomic mass is 10.1. The normalized spacial score (nSPS) is 11.5. The summed E-state index contributed by atoms with van der Waals surface area (Å²) in [6.45, 7) is 5.19. The Balaban J connectivity index is 1.67. The third-order valence-electron chi connectivity index (χ3n) is 4.58. The van der Waals surface area contributed by atoms with Gasteiger partial charge < -0.3 is 10.6 Å². The molecular formula is C23H24N4O3S. The molecule has 0 spiro atoms. The number of hydrogen-bond donors (Lipinski definition) is 3. The van der Waals surface area contributed by atoms with E-state index < -0.39 is 0 Å². The van der Waals surface area contributed by atoms with Crippen molar-refractivity contribution in [3.63, 3.8) is 0 Å². The summed E-state index contributed by atoms with van der Waals surface area (Å²) in [5, 5.41) is 10.8. The van der Waals surface area contributed by atoms with E-state index in [1.165, 1.54) is 18.3 Å². The Morgan fingerprint density at radius 3 is 2.48 bits per heavy atom. The molecule has 0 saturated carbocycles. The number of aromatic nitrogens is 1. The average molecular weight is 437 g/mol. The smallest absolute Gasteiger partial charge is 0.257 e. The van der Waals surface area contributed by atoms with Crippen LogP contribution < -0.4 is 16.0 Å². The van der Waals surface area contributed by atoms with Gasteiger partial charge >= 0.3 is 0 Å². The molecule has 31 heavy (non-hydrogen) atoms. The fraction of sp³-hybridized carbons (Fsp3) is 0.217. The molecule has 7 nitrogen and oxygen atoms in total. The Bertz CT molecular complexity index is 1090. The predicted octanol–water partition coefficient (Wildman–Crippen LogP) is 4.61. The van der Waals surface area contributed by atoms with Crippen LogP contribution in [0.15, 0.2) is 53.9 Å². The summed E-state index contributed by atoms with van der Waals surface area (Å²) in [6, 6.07) is 14.5. The topological polar surface area (TPSA) is 100 Å². The zero-order chi connectivity index (χ0) is 22.4. The van der Waals surface area contributed by atoms with Crippen molar-refractivity contribution in [2.75, 3.05) is 10.6 Å². The molecule has 0 saturated heterocycles. The average Bonchev–Trinajstić information content (AvgIpc) is 3.22. The number of carbonyl (C=O) groups excluding carboxylic acids is 3. The molecule has 1 heterocycles. The molecule has 1 atom stereocenters. The first-order valence-electron chi connectivity index (χ1n) is 9.90. The molecule has 160 valence electrons. The highest BCUT2D eigenvalue weighted by Gasteiger charge is 2.12. The standard InChI is InChI=1S/C23H24N4O3S/c1-4-21(29)25-19-7-5-6-18(12-19)22(30)27-23-26-20(13-31-23)17-10-8-16(9-11-17)14(2)24-15(3)28/h5-14H,4H2,1-3H3,(H,24,28)(H,25,29)(H,26,27,30). The van der Waals surface area contributed by atoms with Crippen molar-refractivity contribution < 1.29 is 14.4 Å². The molecule has 3 aromatic rings. The van der Waals surface area contributed by atoms with Crippen LogP contribution in [0.4, 0.5) is 10.8 Å². The number of nitrogens with zero attached hydrogens (tertiary/aromatic N) is 1. The minimum atomic E-state index is -0.298. The van der Waals surface area contributed by atoms with Crippen LogP contribution in [0.3, 0.4) is 0 Å². The van der Waals surface area contributed by atoms with Crippen molar-refractivity contribution in [2.24, 2.45) is 0 Å². The number of hydrogen-bond acceptors (Lipinski definition) is 5. The second kappa shape index (κ2) is 9.99. The van der Waals surface area contributed by atoms with E-state index in [2.05, 4.69) is 20.9 Å². The minimum Gasteiger partial charge on any atom is -0.350 e. The fourth-order valence-electron chi connectivity index (χ4n) is 2.95. The summed E-state index contributed by atoms with van der Waals surface area (Å²) < 4.78 is 0. The van der Waals surface area contributed by atoms with Crippen LogP contribution in [0.5, 0.6) is 0 Å². The molecule has 2 aromatic carbocycles. The van der Waals surface area contributed by atoms with Crippen LogP contribution in [0.25, 0.3) is 11.3 Å². The summed E-state index contributed by atoms with van der Waals surface area (Å²) in [7, 11) is 0. The monoisotopic (exact) mass is 436 g/mol. The van der Waals surface area contributed by atoms with E-state index in [9.17, 15) is 14.4 Å². The molecular weight excluding hydrogens is 412 g/mol. The van der Waals surface area contributed by atoms with Gasteiger partial charge in [-0.05, 0) is 30.7 Å². The Morgan fingerprint density at radius 1 is 1.06 bits per heavy atom. The third-order valence-corrected chi connectivity index (χ3v) is 5.34. The van der Waals surface area contributed by atoms with E-state index in [4.69, 9.17) is 0 Å². The molecule has 3 amide bonds. The van der Waals surface area contributed by atoms with Crippen LogP contribution in [0.2, 0.25) is 0 Å². The van der Waals surface area contributed by atoms with Crippen molar-refractivity contribution in [3.8, 4) is 11.3 Å². The Morgan fingerprint density at radius 2 is 1.81 bits per heavy atom. The van der Waals surface area contributed by atoms with Crippen LogP contribution in [-0.2, 0) is 9.59 Å². The van der Waals surface area contributed by atoms with Gasteiger partial charge in [0.25, 0.3) is 5.91 Å². The molecule has 0 fully saturated rings. The van der Waals surface area contributed by atoms with Gasteiger partial charge in [-0.3, -0.25) is 19.7 Å². The van der Waals surface area contributed by atoms with Gasteiger partial charge in [-0.15, -0.1) is 11.3 Å². The van der Waals surface area contributed by atoms with Gasteiger partial charge in [0.15, 0.2) is 5.13 Å². The van der Waals surface area contributed by atoms with Gasteiger partial charge in [0.2, 0.25) is 11.8 Å². The Hall–Kier alpha value is -3.52. The van der Waals surface area contributed by atoms with Gasteiger partial charge in [-0.25, -0.2) is 4.98 Å². The molecule has 0 aliphatic rings. The lowest BCUT2D eigenvalue weighted by Gasteiger charge is -2.13. The fourth-order valence-corrected chi connectivity index (χ4v) is 3.67. The maximum absolute atomic E-state index is 12.6. The zero-order valence-electron chi connectivity index (χ0n) is 17.6. The van der Waals surface area contributed by atoms with E-state index in [1.54, 1.807) is 31.2 Å². The van der Waals surface area contributed by atoms with Gasteiger partial charge in [0.05, 0.1) is 11.7 Å². The SMILES string of the molecule is CCC(=O)Nc1cccc(C(=O)Nc2nc(-c3ccc(C(C)NC(C)=O)cc3)cs2)c1. The third kappa shape index (κ3) is 5.99. The summed E-state index contributed by atoms with van der Waals surface area (Å²) in [5.74, 6) is -0.484. The van der Waals surface area contributed by atoms with E-state index >= 15 is 0 Å². The maximum atomic E-state index is 12.6. The van der Waals surface area contributed by atoms with Crippen molar-refractivity contribution in [1.29, 1.82) is 0 Å².